The summed E-state index contributed by atoms with van der Waals surface area (Å²) in [6.45, 7) is 4.94. The highest BCUT2D eigenvalue weighted by molar-refractivity contribution is 5.38. The molecule has 1 nitrogen and oxygen atoms in total. The van der Waals surface area contributed by atoms with Crippen LogP contribution in [0.2, 0.25) is 0 Å². The van der Waals surface area contributed by atoms with Gasteiger partial charge < -0.3 is 5.32 Å². The molecule has 2 heteroatoms. The van der Waals surface area contributed by atoms with Crippen LogP contribution in [0.4, 0.5) is 4.39 Å². The first-order chi connectivity index (χ1) is 4.75. The van der Waals surface area contributed by atoms with E-state index in [-0.39, 0.29) is 5.83 Å². The minimum Gasteiger partial charge on any atom is -0.309 e. The number of hydrogen-bond acceptors (Lipinski definition) is 1. The summed E-state index contributed by atoms with van der Waals surface area (Å²) in [7, 11) is 0. The number of halogens is 1. The first-order valence-corrected chi connectivity index (χ1v) is 3.47. The van der Waals surface area contributed by atoms with E-state index in [1.54, 1.807) is 0 Å². The predicted octanol–water partition coefficient (Wildman–Crippen LogP) is 1.78. The monoisotopic (exact) mass is 141 g/mol. The molecule has 0 spiro atoms. The quantitative estimate of drug-likeness (QED) is 0.542. The number of rotatable bonds is 0. The van der Waals surface area contributed by atoms with Gasteiger partial charge in [0.1, 0.15) is 5.83 Å². The largest absolute Gasteiger partial charge is 0.309 e. The van der Waals surface area contributed by atoms with Gasteiger partial charge in [-0.25, -0.2) is 4.39 Å². The molecule has 1 aliphatic rings. The molecule has 0 saturated carbocycles. The van der Waals surface area contributed by atoms with Gasteiger partial charge in [0, 0.05) is 18.7 Å². The van der Waals surface area contributed by atoms with Crippen molar-refractivity contribution in [2.75, 3.05) is 13.1 Å². The standard InChI is InChI=1S/C8H12FN/c1-3-7-4-10-5-8(7)6(2)9/h3,10H,4-5H2,1-2H3/b7-3-,8-6+. The average molecular weight is 141 g/mol. The lowest BCUT2D eigenvalue weighted by Crippen LogP contribution is -2.05. The average Bonchev–Trinajstić information content (AvgIpc) is 2.33. The summed E-state index contributed by atoms with van der Waals surface area (Å²) in [5, 5.41) is 3.09. The van der Waals surface area contributed by atoms with Crippen molar-refractivity contribution in [3.63, 3.8) is 0 Å². The molecule has 1 rings (SSSR count). The zero-order valence-electron chi connectivity index (χ0n) is 6.37. The Balaban J connectivity index is 2.89. The van der Waals surface area contributed by atoms with Crippen molar-refractivity contribution in [2.45, 2.75) is 13.8 Å². The lowest BCUT2D eigenvalue weighted by atomic mass is 10.1. The van der Waals surface area contributed by atoms with E-state index in [0.717, 1.165) is 17.7 Å². The second kappa shape index (κ2) is 2.97. The van der Waals surface area contributed by atoms with Gasteiger partial charge in [0.15, 0.2) is 0 Å². The Morgan fingerprint density at radius 2 is 2.30 bits per heavy atom. The highest BCUT2D eigenvalue weighted by Gasteiger charge is 2.13. The summed E-state index contributed by atoms with van der Waals surface area (Å²) in [6, 6.07) is 0. The lowest BCUT2D eigenvalue weighted by Gasteiger charge is -1.96. The van der Waals surface area contributed by atoms with Crippen molar-refractivity contribution in [3.8, 4) is 0 Å². The third kappa shape index (κ3) is 1.27. The second-order valence-electron chi connectivity index (χ2n) is 2.43. The molecule has 0 unspecified atom stereocenters. The van der Waals surface area contributed by atoms with Crippen LogP contribution in [0.3, 0.4) is 0 Å². The van der Waals surface area contributed by atoms with Gasteiger partial charge in [-0.3, -0.25) is 0 Å². The molecular formula is C8H12FN. The fourth-order valence-electron chi connectivity index (χ4n) is 1.16. The molecule has 0 aliphatic carbocycles. The minimum atomic E-state index is -0.0573. The fourth-order valence-corrected chi connectivity index (χ4v) is 1.16. The molecule has 1 heterocycles. The van der Waals surface area contributed by atoms with Crippen molar-refractivity contribution >= 4 is 0 Å². The molecule has 0 bridgehead atoms. The topological polar surface area (TPSA) is 12.0 Å². The summed E-state index contributed by atoms with van der Waals surface area (Å²) in [4.78, 5) is 0. The SMILES string of the molecule is C/C=C1/CNC/C1=C(/C)F. The Kier molecular flexibility index (Phi) is 2.22. The van der Waals surface area contributed by atoms with E-state index in [0.29, 0.717) is 6.54 Å². The van der Waals surface area contributed by atoms with E-state index in [1.165, 1.54) is 6.92 Å². The van der Waals surface area contributed by atoms with Gasteiger partial charge in [-0.1, -0.05) is 6.08 Å². The van der Waals surface area contributed by atoms with Crippen molar-refractivity contribution in [1.82, 2.24) is 5.32 Å². The van der Waals surface area contributed by atoms with Gasteiger partial charge in [-0.2, -0.15) is 0 Å². The lowest BCUT2D eigenvalue weighted by molar-refractivity contribution is 0.628. The van der Waals surface area contributed by atoms with Gasteiger partial charge in [0.2, 0.25) is 0 Å². The van der Waals surface area contributed by atoms with Crippen LogP contribution in [-0.4, -0.2) is 13.1 Å². The Morgan fingerprint density at radius 3 is 2.70 bits per heavy atom. The molecule has 1 saturated heterocycles. The van der Waals surface area contributed by atoms with Crippen LogP contribution in [0, 0.1) is 0 Å². The maximum atomic E-state index is 12.6. The molecule has 1 N–H and O–H groups in total. The van der Waals surface area contributed by atoms with E-state index >= 15 is 0 Å². The van der Waals surface area contributed by atoms with Crippen LogP contribution < -0.4 is 5.32 Å². The first-order valence-electron chi connectivity index (χ1n) is 3.47. The maximum absolute atomic E-state index is 12.6. The molecular weight excluding hydrogens is 129 g/mol. The highest BCUT2D eigenvalue weighted by atomic mass is 19.1. The highest BCUT2D eigenvalue weighted by Crippen LogP contribution is 2.18. The molecule has 0 radical (unpaired) electrons. The number of hydrogen-bond donors (Lipinski definition) is 1. The molecule has 0 aromatic rings. The Hall–Kier alpha value is -0.630. The van der Waals surface area contributed by atoms with Crippen LogP contribution in [-0.2, 0) is 0 Å². The van der Waals surface area contributed by atoms with E-state index in [1.807, 2.05) is 13.0 Å². The van der Waals surface area contributed by atoms with Crippen LogP contribution in [0.5, 0.6) is 0 Å². The normalized spacial score (nSPS) is 27.7. The van der Waals surface area contributed by atoms with Crippen molar-refractivity contribution < 1.29 is 4.39 Å². The minimum absolute atomic E-state index is 0.0573. The summed E-state index contributed by atoms with van der Waals surface area (Å²) < 4.78 is 12.6. The van der Waals surface area contributed by atoms with Crippen LogP contribution in [0.1, 0.15) is 13.8 Å². The number of allylic oxidation sites excluding steroid dienone is 2. The maximum Gasteiger partial charge on any atom is 0.102 e. The van der Waals surface area contributed by atoms with Crippen LogP contribution >= 0.6 is 0 Å². The van der Waals surface area contributed by atoms with Crippen LogP contribution in [0.25, 0.3) is 0 Å². The predicted molar refractivity (Wildman–Crippen MR) is 40.4 cm³/mol. The van der Waals surface area contributed by atoms with Gasteiger partial charge in [-0.15, -0.1) is 0 Å². The molecule has 0 aromatic heterocycles. The van der Waals surface area contributed by atoms with Crippen molar-refractivity contribution in [2.24, 2.45) is 0 Å². The Labute approximate surface area is 60.6 Å². The van der Waals surface area contributed by atoms with Gasteiger partial charge in [-0.05, 0) is 19.4 Å². The van der Waals surface area contributed by atoms with E-state index < -0.39 is 0 Å². The van der Waals surface area contributed by atoms with Gasteiger partial charge >= 0.3 is 0 Å². The van der Waals surface area contributed by atoms with Crippen molar-refractivity contribution in [3.05, 3.63) is 23.0 Å². The Bertz CT molecular complexity index is 187. The summed E-state index contributed by atoms with van der Waals surface area (Å²) in [6.07, 6.45) is 1.96. The van der Waals surface area contributed by atoms with Gasteiger partial charge in [0.05, 0.1) is 0 Å². The van der Waals surface area contributed by atoms with Gasteiger partial charge in [0.25, 0.3) is 0 Å². The molecule has 1 aliphatic heterocycles. The van der Waals surface area contributed by atoms with E-state index in [4.69, 9.17) is 0 Å². The molecule has 1 fully saturated rings. The second-order valence-corrected chi connectivity index (χ2v) is 2.43. The Morgan fingerprint density at radius 1 is 1.60 bits per heavy atom. The summed E-state index contributed by atoms with van der Waals surface area (Å²) in [5.74, 6) is -0.0573. The smallest absolute Gasteiger partial charge is 0.102 e. The molecule has 10 heavy (non-hydrogen) atoms. The summed E-state index contributed by atoms with van der Waals surface area (Å²) >= 11 is 0. The fraction of sp³-hybridized carbons (Fsp3) is 0.500. The van der Waals surface area contributed by atoms with Crippen molar-refractivity contribution in [1.29, 1.82) is 0 Å². The number of nitrogens with one attached hydrogen (secondary N) is 1. The third-order valence-electron chi connectivity index (χ3n) is 1.77. The zero-order valence-corrected chi connectivity index (χ0v) is 6.37. The van der Waals surface area contributed by atoms with Crippen LogP contribution in [0.15, 0.2) is 23.0 Å². The van der Waals surface area contributed by atoms with E-state index in [2.05, 4.69) is 5.32 Å². The van der Waals surface area contributed by atoms with E-state index in [9.17, 15) is 4.39 Å². The zero-order chi connectivity index (χ0) is 7.56. The molecule has 0 atom stereocenters. The summed E-state index contributed by atoms with van der Waals surface area (Å²) in [5.41, 5.74) is 1.93. The molecule has 0 aromatic carbocycles. The molecule has 56 valence electrons. The molecule has 0 amide bonds. The first kappa shape index (κ1) is 7.48. The third-order valence-corrected chi connectivity index (χ3v) is 1.77.